The van der Waals surface area contributed by atoms with Gasteiger partial charge in [0.05, 0.1) is 19.4 Å². The van der Waals surface area contributed by atoms with Crippen LogP contribution in [0.5, 0.6) is 23.0 Å². The highest BCUT2D eigenvalue weighted by atomic mass is 32.1. The van der Waals surface area contributed by atoms with E-state index < -0.39 is 11.8 Å². The van der Waals surface area contributed by atoms with E-state index in [0.29, 0.717) is 40.9 Å². The van der Waals surface area contributed by atoms with Gasteiger partial charge in [-0.1, -0.05) is 0 Å². The van der Waals surface area contributed by atoms with E-state index in [-0.39, 0.29) is 17.5 Å². The molecule has 8 nitrogen and oxygen atoms in total. The SMILES string of the molecule is CCOc1ccc(N2C(=O)/C(=C/c3cc4c(cc3OC)OCO4)C(=O)NC2=S)cc1. The van der Waals surface area contributed by atoms with Gasteiger partial charge in [-0.05, 0) is 55.5 Å². The smallest absolute Gasteiger partial charge is 0.270 e. The molecule has 2 aromatic rings. The Bertz CT molecular complexity index is 1060. The van der Waals surface area contributed by atoms with E-state index >= 15 is 0 Å². The summed E-state index contributed by atoms with van der Waals surface area (Å²) in [6.07, 6.45) is 1.45. The van der Waals surface area contributed by atoms with E-state index in [1.54, 1.807) is 36.4 Å². The zero-order chi connectivity index (χ0) is 21.3. The minimum atomic E-state index is -0.591. The molecule has 0 radical (unpaired) electrons. The molecule has 2 aromatic carbocycles. The highest BCUT2D eigenvalue weighted by molar-refractivity contribution is 7.80. The number of rotatable bonds is 5. The summed E-state index contributed by atoms with van der Waals surface area (Å²) in [5.41, 5.74) is 0.923. The molecule has 0 spiro atoms. The number of anilines is 1. The lowest BCUT2D eigenvalue weighted by Gasteiger charge is -2.29. The number of nitrogens with zero attached hydrogens (tertiary/aromatic N) is 1. The normalized spacial score (nSPS) is 16.7. The lowest BCUT2D eigenvalue weighted by molar-refractivity contribution is -0.122. The zero-order valence-corrected chi connectivity index (χ0v) is 17.1. The van der Waals surface area contributed by atoms with Gasteiger partial charge in [0.1, 0.15) is 17.1 Å². The standard InChI is InChI=1S/C21H18N2O6S/c1-3-27-14-6-4-13(5-7-14)23-20(25)15(19(24)22-21(23)30)8-12-9-17-18(29-11-28-17)10-16(12)26-2/h4-10H,3,11H2,1-2H3,(H,22,24,30)/b15-8+. The molecule has 2 aliphatic heterocycles. The van der Waals surface area contributed by atoms with E-state index in [2.05, 4.69) is 5.32 Å². The molecule has 2 heterocycles. The lowest BCUT2D eigenvalue weighted by atomic mass is 10.1. The molecule has 2 amide bonds. The average Bonchev–Trinajstić information content (AvgIpc) is 3.19. The van der Waals surface area contributed by atoms with Crippen molar-refractivity contribution in [3.8, 4) is 23.0 Å². The van der Waals surface area contributed by atoms with Crippen LogP contribution in [0.25, 0.3) is 6.08 Å². The largest absolute Gasteiger partial charge is 0.496 e. The van der Waals surface area contributed by atoms with Crippen molar-refractivity contribution in [3.05, 3.63) is 47.5 Å². The molecular weight excluding hydrogens is 408 g/mol. The molecular formula is C21H18N2O6S. The number of hydrogen-bond donors (Lipinski definition) is 1. The van der Waals surface area contributed by atoms with Crippen molar-refractivity contribution >= 4 is 40.9 Å². The Hall–Kier alpha value is -3.59. The van der Waals surface area contributed by atoms with E-state index in [1.807, 2.05) is 6.92 Å². The molecule has 154 valence electrons. The van der Waals surface area contributed by atoms with Gasteiger partial charge in [0.25, 0.3) is 11.8 Å². The average molecular weight is 426 g/mol. The van der Waals surface area contributed by atoms with Crippen molar-refractivity contribution in [2.45, 2.75) is 6.92 Å². The number of benzene rings is 2. The molecule has 1 N–H and O–H groups in total. The van der Waals surface area contributed by atoms with Crippen LogP contribution >= 0.6 is 12.2 Å². The number of ether oxygens (including phenoxy) is 4. The molecule has 0 aliphatic carbocycles. The van der Waals surface area contributed by atoms with Gasteiger partial charge in [0.15, 0.2) is 16.6 Å². The van der Waals surface area contributed by atoms with Crippen LogP contribution in [-0.2, 0) is 9.59 Å². The molecule has 0 atom stereocenters. The summed E-state index contributed by atoms with van der Waals surface area (Å²) < 4.78 is 21.5. The lowest BCUT2D eigenvalue weighted by Crippen LogP contribution is -2.54. The predicted molar refractivity (Wildman–Crippen MR) is 113 cm³/mol. The van der Waals surface area contributed by atoms with Crippen molar-refractivity contribution in [2.75, 3.05) is 25.4 Å². The fourth-order valence-corrected chi connectivity index (χ4v) is 3.42. The maximum atomic E-state index is 13.2. The molecule has 0 saturated carbocycles. The van der Waals surface area contributed by atoms with Crippen LogP contribution in [0.2, 0.25) is 0 Å². The molecule has 4 rings (SSSR count). The van der Waals surface area contributed by atoms with E-state index in [0.717, 1.165) is 0 Å². The number of nitrogens with one attached hydrogen (secondary N) is 1. The molecule has 1 saturated heterocycles. The first-order chi connectivity index (χ1) is 14.5. The van der Waals surface area contributed by atoms with E-state index in [1.165, 1.54) is 18.1 Å². The summed E-state index contributed by atoms with van der Waals surface area (Å²) in [6.45, 7) is 2.51. The van der Waals surface area contributed by atoms with Crippen LogP contribution in [0.15, 0.2) is 42.0 Å². The van der Waals surface area contributed by atoms with Crippen LogP contribution in [0.1, 0.15) is 12.5 Å². The molecule has 1 fully saturated rings. The quantitative estimate of drug-likeness (QED) is 0.447. The molecule has 30 heavy (non-hydrogen) atoms. The van der Waals surface area contributed by atoms with Crippen molar-refractivity contribution in [1.29, 1.82) is 0 Å². The summed E-state index contributed by atoms with van der Waals surface area (Å²) in [5.74, 6) is 1.00. The van der Waals surface area contributed by atoms with E-state index in [9.17, 15) is 9.59 Å². The number of amides is 2. The van der Waals surface area contributed by atoms with Crippen molar-refractivity contribution in [3.63, 3.8) is 0 Å². The Kier molecular flexibility index (Phi) is 5.28. The van der Waals surface area contributed by atoms with Crippen LogP contribution < -0.4 is 29.2 Å². The van der Waals surface area contributed by atoms with Gasteiger partial charge in [0.2, 0.25) is 6.79 Å². The highest BCUT2D eigenvalue weighted by Crippen LogP contribution is 2.39. The molecule has 0 unspecified atom stereocenters. The maximum Gasteiger partial charge on any atom is 0.270 e. The maximum absolute atomic E-state index is 13.2. The second-order valence-corrected chi connectivity index (χ2v) is 6.72. The van der Waals surface area contributed by atoms with Crippen LogP contribution in [0, 0.1) is 0 Å². The summed E-state index contributed by atoms with van der Waals surface area (Å²) in [5, 5.41) is 2.56. The topological polar surface area (TPSA) is 86.3 Å². The van der Waals surface area contributed by atoms with Crippen LogP contribution in [0.3, 0.4) is 0 Å². The number of carbonyl (C=O) groups excluding carboxylic acids is 2. The van der Waals surface area contributed by atoms with Gasteiger partial charge in [-0.25, -0.2) is 0 Å². The molecule has 9 heteroatoms. The third kappa shape index (κ3) is 3.55. The van der Waals surface area contributed by atoms with Crippen molar-refractivity contribution in [2.24, 2.45) is 0 Å². The Labute approximate surface area is 178 Å². The number of hydrogen-bond acceptors (Lipinski definition) is 7. The van der Waals surface area contributed by atoms with Gasteiger partial charge in [-0.15, -0.1) is 0 Å². The van der Waals surface area contributed by atoms with Gasteiger partial charge in [-0.2, -0.15) is 0 Å². The monoisotopic (exact) mass is 426 g/mol. The molecule has 2 aliphatic rings. The Morgan fingerprint density at radius 2 is 1.87 bits per heavy atom. The Morgan fingerprint density at radius 3 is 2.53 bits per heavy atom. The third-order valence-corrected chi connectivity index (χ3v) is 4.82. The van der Waals surface area contributed by atoms with Crippen molar-refractivity contribution in [1.82, 2.24) is 5.32 Å². The van der Waals surface area contributed by atoms with Gasteiger partial charge >= 0.3 is 0 Å². The van der Waals surface area contributed by atoms with Gasteiger partial charge in [-0.3, -0.25) is 19.8 Å². The zero-order valence-electron chi connectivity index (χ0n) is 16.3. The number of fused-ring (bicyclic) bond motifs is 1. The first-order valence-corrected chi connectivity index (χ1v) is 9.54. The van der Waals surface area contributed by atoms with Crippen LogP contribution in [-0.4, -0.2) is 37.4 Å². The number of carbonyl (C=O) groups is 2. The second-order valence-electron chi connectivity index (χ2n) is 6.33. The first-order valence-electron chi connectivity index (χ1n) is 9.13. The minimum absolute atomic E-state index is 0.00367. The number of methoxy groups -OCH3 is 1. The fourth-order valence-electron chi connectivity index (χ4n) is 3.13. The summed E-state index contributed by atoms with van der Waals surface area (Å²) >= 11 is 5.23. The third-order valence-electron chi connectivity index (χ3n) is 4.53. The Morgan fingerprint density at radius 1 is 1.17 bits per heavy atom. The first kappa shape index (κ1) is 19.7. The summed E-state index contributed by atoms with van der Waals surface area (Å²) in [4.78, 5) is 27.0. The minimum Gasteiger partial charge on any atom is -0.496 e. The van der Waals surface area contributed by atoms with Gasteiger partial charge < -0.3 is 18.9 Å². The van der Waals surface area contributed by atoms with Gasteiger partial charge in [0, 0.05) is 11.6 Å². The highest BCUT2D eigenvalue weighted by Gasteiger charge is 2.35. The predicted octanol–water partition coefficient (Wildman–Crippen LogP) is 2.65. The number of thiocarbonyl (C=S) groups is 1. The Balaban J connectivity index is 1.71. The van der Waals surface area contributed by atoms with E-state index in [4.69, 9.17) is 31.2 Å². The fraction of sp³-hybridized carbons (Fsp3) is 0.190. The second kappa shape index (κ2) is 8.03. The molecule has 0 aromatic heterocycles. The van der Waals surface area contributed by atoms with Crippen molar-refractivity contribution < 1.29 is 28.5 Å². The molecule has 0 bridgehead atoms. The summed E-state index contributed by atoms with van der Waals surface area (Å²) in [7, 11) is 1.49. The van der Waals surface area contributed by atoms with Crippen LogP contribution in [0.4, 0.5) is 5.69 Å². The summed E-state index contributed by atoms with van der Waals surface area (Å²) in [6, 6.07) is 10.2.